The van der Waals surface area contributed by atoms with Gasteiger partial charge in [0.1, 0.15) is 11.6 Å². The standard InChI is InChI=1S/C38H47F2N3O6/c1-9-43-31-13-12-24(19-28(31)29(20-38(6,7)21-44)33(43)27-11-10-14-41-32(27)22(2)48-8)25-15-23(16-26(18-25)34(39)40)17-30(35(45)46)42-36(47)49-37(3,4)5/h10-16,18-19,22,30,34,44H,9,17,20-21H2,1-8H3,(H,42,47)(H,45,46)/t22-,30?/m0/s1. The van der Waals surface area contributed by atoms with E-state index in [1.165, 1.54) is 12.1 Å². The van der Waals surface area contributed by atoms with Crippen LogP contribution in [0.1, 0.15) is 83.4 Å². The molecule has 0 fully saturated rings. The molecule has 0 bridgehead atoms. The van der Waals surface area contributed by atoms with Crippen LogP contribution < -0.4 is 5.32 Å². The minimum atomic E-state index is -2.81. The Morgan fingerprint density at radius 2 is 1.76 bits per heavy atom. The van der Waals surface area contributed by atoms with Crippen LogP contribution in [-0.4, -0.2) is 57.2 Å². The number of hydrogen-bond acceptors (Lipinski definition) is 6. The summed E-state index contributed by atoms with van der Waals surface area (Å²) < 4.78 is 41.6. The van der Waals surface area contributed by atoms with Crippen LogP contribution in [0.2, 0.25) is 0 Å². The number of carboxylic acids is 1. The van der Waals surface area contributed by atoms with Crippen LogP contribution >= 0.6 is 0 Å². The first-order valence-corrected chi connectivity index (χ1v) is 16.4. The number of aryl methyl sites for hydroxylation is 1. The maximum Gasteiger partial charge on any atom is 0.408 e. The van der Waals surface area contributed by atoms with Crippen LogP contribution in [0.25, 0.3) is 33.3 Å². The molecule has 2 atom stereocenters. The molecule has 1 unspecified atom stereocenters. The average molecular weight is 680 g/mol. The fourth-order valence-electron chi connectivity index (χ4n) is 6.02. The number of methoxy groups -OCH3 is 1. The van der Waals surface area contributed by atoms with Crippen molar-refractivity contribution in [3.63, 3.8) is 0 Å². The highest BCUT2D eigenvalue weighted by Crippen LogP contribution is 2.42. The summed E-state index contributed by atoms with van der Waals surface area (Å²) >= 11 is 0. The summed E-state index contributed by atoms with van der Waals surface area (Å²) in [5, 5.41) is 23.4. The number of hydrogen-bond donors (Lipinski definition) is 3. The number of pyridine rings is 1. The molecule has 11 heteroatoms. The number of ether oxygens (including phenoxy) is 2. The maximum atomic E-state index is 14.2. The van der Waals surface area contributed by atoms with Gasteiger partial charge in [-0.15, -0.1) is 0 Å². The zero-order chi connectivity index (χ0) is 36.3. The van der Waals surface area contributed by atoms with Gasteiger partial charge in [-0.25, -0.2) is 18.4 Å². The van der Waals surface area contributed by atoms with Crippen LogP contribution in [0.3, 0.4) is 0 Å². The first-order valence-electron chi connectivity index (χ1n) is 16.4. The fraction of sp³-hybridized carbons (Fsp3) is 0.447. The summed E-state index contributed by atoms with van der Waals surface area (Å²) in [6.07, 6.45) is -2.01. The van der Waals surface area contributed by atoms with Crippen LogP contribution in [0.5, 0.6) is 0 Å². The lowest BCUT2D eigenvalue weighted by Crippen LogP contribution is -2.44. The molecule has 9 nitrogen and oxygen atoms in total. The van der Waals surface area contributed by atoms with Gasteiger partial charge in [0, 0.05) is 54.9 Å². The molecule has 2 aromatic heterocycles. The number of alkyl carbamates (subject to hydrolysis) is 1. The van der Waals surface area contributed by atoms with Crippen molar-refractivity contribution < 1.29 is 38.1 Å². The number of halogens is 2. The van der Waals surface area contributed by atoms with Crippen molar-refractivity contribution in [2.45, 2.75) is 92.0 Å². The van der Waals surface area contributed by atoms with Gasteiger partial charge in [0.05, 0.1) is 17.5 Å². The SMILES string of the molecule is CCn1c(-c2cccnc2[C@H](C)OC)c(CC(C)(C)CO)c2cc(-c3cc(CC(NC(=O)OC(C)(C)C)C(=O)O)cc(C(F)F)c3)ccc21. The molecule has 0 radical (unpaired) electrons. The number of aliphatic carboxylic acids is 1. The third kappa shape index (κ3) is 8.82. The average Bonchev–Trinajstić information content (AvgIpc) is 3.34. The van der Waals surface area contributed by atoms with Gasteiger partial charge in [-0.3, -0.25) is 4.98 Å². The van der Waals surface area contributed by atoms with Crippen LogP contribution in [0.4, 0.5) is 13.6 Å². The van der Waals surface area contributed by atoms with E-state index in [0.717, 1.165) is 33.4 Å². The Morgan fingerprint density at radius 1 is 1.04 bits per heavy atom. The molecule has 2 aromatic carbocycles. The van der Waals surface area contributed by atoms with Gasteiger partial charge in [-0.1, -0.05) is 32.0 Å². The van der Waals surface area contributed by atoms with Crippen molar-refractivity contribution in [3.05, 3.63) is 77.1 Å². The topological polar surface area (TPSA) is 123 Å². The normalized spacial score (nSPS) is 13.5. The number of fused-ring (bicyclic) bond motifs is 1. The van der Waals surface area contributed by atoms with Gasteiger partial charge in [0.25, 0.3) is 6.43 Å². The van der Waals surface area contributed by atoms with Crippen LogP contribution in [0.15, 0.2) is 54.7 Å². The van der Waals surface area contributed by atoms with E-state index in [4.69, 9.17) is 9.47 Å². The summed E-state index contributed by atoms with van der Waals surface area (Å²) in [5.41, 5.74) is 4.38. The molecule has 4 aromatic rings. The molecule has 0 aliphatic rings. The number of nitrogens with one attached hydrogen (secondary N) is 1. The Balaban J connectivity index is 1.91. The van der Waals surface area contributed by atoms with E-state index in [1.807, 2.05) is 51.1 Å². The number of alkyl halides is 2. The molecule has 2 heterocycles. The molecule has 0 saturated heterocycles. The van der Waals surface area contributed by atoms with Crippen molar-refractivity contribution in [3.8, 4) is 22.4 Å². The van der Waals surface area contributed by atoms with E-state index in [9.17, 15) is 28.6 Å². The van der Waals surface area contributed by atoms with Crippen molar-refractivity contribution in [1.29, 1.82) is 0 Å². The third-order valence-corrected chi connectivity index (χ3v) is 8.43. The summed E-state index contributed by atoms with van der Waals surface area (Å²) in [6, 6.07) is 12.6. The predicted octanol–water partition coefficient (Wildman–Crippen LogP) is 8.12. The monoisotopic (exact) mass is 679 g/mol. The van der Waals surface area contributed by atoms with Gasteiger partial charge in [-0.05, 0) is 99.0 Å². The summed E-state index contributed by atoms with van der Waals surface area (Å²) in [6.45, 7) is 13.5. The first kappa shape index (κ1) is 37.5. The summed E-state index contributed by atoms with van der Waals surface area (Å²) in [7, 11) is 1.63. The van der Waals surface area contributed by atoms with E-state index < -0.39 is 35.5 Å². The highest BCUT2D eigenvalue weighted by molar-refractivity contribution is 5.95. The number of nitrogens with zero attached hydrogens (tertiary/aromatic N) is 2. The van der Waals surface area contributed by atoms with E-state index in [2.05, 4.69) is 21.8 Å². The van der Waals surface area contributed by atoms with Crippen LogP contribution in [0, 0.1) is 5.41 Å². The number of rotatable bonds is 13. The van der Waals surface area contributed by atoms with E-state index in [-0.39, 0.29) is 24.7 Å². The van der Waals surface area contributed by atoms with E-state index in [0.29, 0.717) is 29.7 Å². The Hall–Kier alpha value is -4.35. The molecular formula is C38H47F2N3O6. The lowest BCUT2D eigenvalue weighted by Gasteiger charge is -2.23. The van der Waals surface area contributed by atoms with Crippen molar-refractivity contribution in [2.75, 3.05) is 13.7 Å². The molecule has 0 spiro atoms. The number of aliphatic hydroxyl groups excluding tert-OH is 1. The van der Waals surface area contributed by atoms with Crippen molar-refractivity contribution in [1.82, 2.24) is 14.9 Å². The zero-order valence-corrected chi connectivity index (χ0v) is 29.4. The maximum absolute atomic E-state index is 14.2. The summed E-state index contributed by atoms with van der Waals surface area (Å²) in [5.74, 6) is -1.32. The van der Waals surface area contributed by atoms with Crippen molar-refractivity contribution >= 4 is 23.0 Å². The largest absolute Gasteiger partial charge is 0.480 e. The van der Waals surface area contributed by atoms with Crippen molar-refractivity contribution in [2.24, 2.45) is 5.41 Å². The van der Waals surface area contributed by atoms with E-state index >= 15 is 0 Å². The van der Waals surface area contributed by atoms with Gasteiger partial charge >= 0.3 is 12.1 Å². The lowest BCUT2D eigenvalue weighted by molar-refractivity contribution is -0.139. The number of carbonyl (C=O) groups excluding carboxylic acids is 1. The molecule has 1 amide bonds. The third-order valence-electron chi connectivity index (χ3n) is 8.43. The summed E-state index contributed by atoms with van der Waals surface area (Å²) in [4.78, 5) is 29.2. The first-order chi connectivity index (χ1) is 23.0. The molecule has 4 rings (SSSR count). The second-order valence-electron chi connectivity index (χ2n) is 14.1. The minimum Gasteiger partial charge on any atom is -0.480 e. The minimum absolute atomic E-state index is 0.0544. The number of carbonyl (C=O) groups is 2. The molecule has 0 aliphatic carbocycles. The second-order valence-corrected chi connectivity index (χ2v) is 14.1. The number of aliphatic hydroxyl groups is 1. The Bertz CT molecular complexity index is 1810. The molecule has 0 aliphatic heterocycles. The highest BCUT2D eigenvalue weighted by Gasteiger charge is 2.29. The quantitative estimate of drug-likeness (QED) is 0.130. The fourth-order valence-corrected chi connectivity index (χ4v) is 6.02. The molecule has 49 heavy (non-hydrogen) atoms. The molecule has 0 saturated carbocycles. The smallest absolute Gasteiger partial charge is 0.408 e. The lowest BCUT2D eigenvalue weighted by atomic mass is 9.84. The van der Waals surface area contributed by atoms with Gasteiger partial charge < -0.3 is 29.6 Å². The molecular weight excluding hydrogens is 632 g/mol. The Labute approximate surface area is 286 Å². The Kier molecular flexibility index (Phi) is 11.5. The Morgan fingerprint density at radius 3 is 2.35 bits per heavy atom. The second kappa shape index (κ2) is 15.0. The zero-order valence-electron chi connectivity index (χ0n) is 29.4. The predicted molar refractivity (Wildman–Crippen MR) is 186 cm³/mol. The van der Waals surface area contributed by atoms with Crippen LogP contribution in [-0.2, 0) is 33.7 Å². The van der Waals surface area contributed by atoms with Gasteiger partial charge in [0.2, 0.25) is 0 Å². The highest BCUT2D eigenvalue weighted by atomic mass is 19.3. The number of amides is 1. The van der Waals surface area contributed by atoms with Gasteiger partial charge in [-0.2, -0.15) is 0 Å². The molecule has 264 valence electrons. The van der Waals surface area contributed by atoms with E-state index in [1.54, 1.807) is 40.1 Å². The van der Waals surface area contributed by atoms with Gasteiger partial charge in [0.15, 0.2) is 0 Å². The molecule has 3 N–H and O–H groups in total. The number of carboxylic acid groups (broad SMARTS) is 1. The number of aromatic nitrogens is 2. The number of benzene rings is 2.